The normalized spacial score (nSPS) is 10.2. The van der Waals surface area contributed by atoms with E-state index in [9.17, 15) is 0 Å². The number of halogens is 1. The lowest BCUT2D eigenvalue weighted by molar-refractivity contribution is 0.326. The lowest BCUT2D eigenvalue weighted by Gasteiger charge is -2.09. The van der Waals surface area contributed by atoms with Crippen LogP contribution < -0.4 is 10.5 Å². The average molecular weight is 200 g/mol. The zero-order valence-corrected chi connectivity index (χ0v) is 8.69. The van der Waals surface area contributed by atoms with Crippen LogP contribution in [-0.2, 0) is 0 Å². The number of benzene rings is 1. The summed E-state index contributed by atoms with van der Waals surface area (Å²) in [6.07, 6.45) is 0. The molecule has 0 aromatic heterocycles. The molecular weight excluding hydrogens is 186 g/mol. The summed E-state index contributed by atoms with van der Waals surface area (Å²) in [6.45, 7) is 5.00. The zero-order chi connectivity index (χ0) is 9.84. The molecule has 2 N–H and O–H groups in total. The molecule has 0 aliphatic rings. The fourth-order valence-corrected chi connectivity index (χ4v) is 1.30. The van der Waals surface area contributed by atoms with Gasteiger partial charge in [0.1, 0.15) is 12.4 Å². The SMILES string of the molecule is Cc1cc(OCCN)c(C)cc1Cl. The number of ether oxygens (including phenoxy) is 1. The van der Waals surface area contributed by atoms with Crippen LogP contribution in [0.5, 0.6) is 5.75 Å². The van der Waals surface area contributed by atoms with Crippen molar-refractivity contribution in [1.82, 2.24) is 0 Å². The Morgan fingerprint density at radius 2 is 2.00 bits per heavy atom. The molecule has 0 radical (unpaired) electrons. The van der Waals surface area contributed by atoms with Crippen molar-refractivity contribution >= 4 is 11.6 Å². The third kappa shape index (κ3) is 2.61. The van der Waals surface area contributed by atoms with Gasteiger partial charge in [-0.2, -0.15) is 0 Å². The molecule has 1 rings (SSSR count). The lowest BCUT2D eigenvalue weighted by Crippen LogP contribution is -2.11. The van der Waals surface area contributed by atoms with Crippen LogP contribution in [0.15, 0.2) is 12.1 Å². The molecule has 1 aromatic carbocycles. The van der Waals surface area contributed by atoms with Crippen molar-refractivity contribution in [1.29, 1.82) is 0 Å². The van der Waals surface area contributed by atoms with Crippen molar-refractivity contribution < 1.29 is 4.74 Å². The molecule has 1 aromatic rings. The van der Waals surface area contributed by atoms with E-state index in [-0.39, 0.29) is 0 Å². The molecule has 0 bridgehead atoms. The molecule has 0 amide bonds. The van der Waals surface area contributed by atoms with Gasteiger partial charge in [-0.05, 0) is 37.1 Å². The van der Waals surface area contributed by atoms with E-state index in [0.29, 0.717) is 13.2 Å². The van der Waals surface area contributed by atoms with E-state index < -0.39 is 0 Å². The van der Waals surface area contributed by atoms with Crippen LogP contribution in [0, 0.1) is 13.8 Å². The molecule has 0 saturated carbocycles. The molecule has 0 saturated heterocycles. The second-order valence-electron chi connectivity index (χ2n) is 3.00. The fraction of sp³-hybridized carbons (Fsp3) is 0.400. The van der Waals surface area contributed by atoms with Crippen LogP contribution in [0.1, 0.15) is 11.1 Å². The molecule has 0 spiro atoms. The van der Waals surface area contributed by atoms with Crippen LogP contribution in [0.3, 0.4) is 0 Å². The summed E-state index contributed by atoms with van der Waals surface area (Å²) in [7, 11) is 0. The summed E-state index contributed by atoms with van der Waals surface area (Å²) in [5.74, 6) is 0.868. The summed E-state index contributed by atoms with van der Waals surface area (Å²) in [5, 5.41) is 0.776. The standard InChI is InChI=1S/C10H14ClNO/c1-7-6-10(13-4-3-12)8(2)5-9(7)11/h5-6H,3-4,12H2,1-2H3. The van der Waals surface area contributed by atoms with Crippen LogP contribution in [0.25, 0.3) is 0 Å². The van der Waals surface area contributed by atoms with E-state index >= 15 is 0 Å². The van der Waals surface area contributed by atoms with E-state index in [2.05, 4.69) is 0 Å². The summed E-state index contributed by atoms with van der Waals surface area (Å²) in [4.78, 5) is 0. The summed E-state index contributed by atoms with van der Waals surface area (Å²) >= 11 is 5.94. The molecular formula is C10H14ClNO. The van der Waals surface area contributed by atoms with E-state index in [1.54, 1.807) is 0 Å². The van der Waals surface area contributed by atoms with Crippen molar-refractivity contribution in [2.75, 3.05) is 13.2 Å². The topological polar surface area (TPSA) is 35.2 Å². The van der Waals surface area contributed by atoms with Crippen LogP contribution in [0.4, 0.5) is 0 Å². The summed E-state index contributed by atoms with van der Waals surface area (Å²) in [6, 6.07) is 3.84. The Balaban J connectivity index is 2.88. The second-order valence-corrected chi connectivity index (χ2v) is 3.41. The number of rotatable bonds is 3. The molecule has 0 unspecified atom stereocenters. The smallest absolute Gasteiger partial charge is 0.122 e. The van der Waals surface area contributed by atoms with Gasteiger partial charge in [-0.3, -0.25) is 0 Å². The molecule has 0 fully saturated rings. The highest BCUT2D eigenvalue weighted by molar-refractivity contribution is 6.31. The first-order valence-electron chi connectivity index (χ1n) is 4.24. The molecule has 2 nitrogen and oxygen atoms in total. The number of aryl methyl sites for hydroxylation is 2. The van der Waals surface area contributed by atoms with Crippen LogP contribution >= 0.6 is 11.6 Å². The summed E-state index contributed by atoms with van der Waals surface area (Å²) < 4.78 is 5.44. The maximum atomic E-state index is 5.94. The average Bonchev–Trinajstić information content (AvgIpc) is 2.09. The first-order valence-corrected chi connectivity index (χ1v) is 4.62. The minimum atomic E-state index is 0.529. The minimum Gasteiger partial charge on any atom is -0.492 e. The molecule has 72 valence electrons. The van der Waals surface area contributed by atoms with Crippen molar-refractivity contribution in [3.8, 4) is 5.75 Å². The number of hydrogen-bond acceptors (Lipinski definition) is 2. The van der Waals surface area contributed by atoms with Gasteiger partial charge in [0.05, 0.1) is 0 Å². The third-order valence-electron chi connectivity index (χ3n) is 1.83. The summed E-state index contributed by atoms with van der Waals surface area (Å²) in [5.41, 5.74) is 7.42. The number of hydrogen-bond donors (Lipinski definition) is 1. The van der Waals surface area contributed by atoms with E-state index in [0.717, 1.165) is 21.9 Å². The van der Waals surface area contributed by atoms with Crippen molar-refractivity contribution in [2.45, 2.75) is 13.8 Å². The Labute approximate surface area is 83.6 Å². The van der Waals surface area contributed by atoms with E-state index in [1.807, 2.05) is 26.0 Å². The van der Waals surface area contributed by atoms with Gasteiger partial charge >= 0.3 is 0 Å². The predicted octanol–water partition coefficient (Wildman–Crippen LogP) is 2.29. The molecule has 0 atom stereocenters. The Morgan fingerprint density at radius 1 is 1.31 bits per heavy atom. The maximum absolute atomic E-state index is 5.94. The van der Waals surface area contributed by atoms with E-state index in [4.69, 9.17) is 22.1 Å². The zero-order valence-electron chi connectivity index (χ0n) is 7.93. The first-order chi connectivity index (χ1) is 6.15. The molecule has 0 heterocycles. The van der Waals surface area contributed by atoms with Crippen LogP contribution in [-0.4, -0.2) is 13.2 Å². The Bertz CT molecular complexity index is 299. The fourth-order valence-electron chi connectivity index (χ4n) is 1.08. The van der Waals surface area contributed by atoms with Gasteiger partial charge in [0.15, 0.2) is 0 Å². The minimum absolute atomic E-state index is 0.529. The van der Waals surface area contributed by atoms with Gasteiger partial charge in [-0.15, -0.1) is 0 Å². The highest BCUT2D eigenvalue weighted by Crippen LogP contribution is 2.25. The van der Waals surface area contributed by atoms with Gasteiger partial charge in [0, 0.05) is 11.6 Å². The van der Waals surface area contributed by atoms with Gasteiger partial charge in [-0.1, -0.05) is 11.6 Å². The molecule has 0 aliphatic heterocycles. The Kier molecular flexibility index (Phi) is 3.58. The largest absolute Gasteiger partial charge is 0.492 e. The Hall–Kier alpha value is -0.730. The van der Waals surface area contributed by atoms with Gasteiger partial charge in [0.25, 0.3) is 0 Å². The van der Waals surface area contributed by atoms with Crippen molar-refractivity contribution in [3.05, 3.63) is 28.3 Å². The number of nitrogens with two attached hydrogens (primary N) is 1. The van der Waals surface area contributed by atoms with E-state index in [1.165, 1.54) is 0 Å². The van der Waals surface area contributed by atoms with Gasteiger partial charge in [-0.25, -0.2) is 0 Å². The molecule has 13 heavy (non-hydrogen) atoms. The van der Waals surface area contributed by atoms with Crippen LogP contribution in [0.2, 0.25) is 5.02 Å². The monoisotopic (exact) mass is 199 g/mol. The lowest BCUT2D eigenvalue weighted by atomic mass is 10.1. The second kappa shape index (κ2) is 4.49. The Morgan fingerprint density at radius 3 is 2.62 bits per heavy atom. The molecule has 0 aliphatic carbocycles. The third-order valence-corrected chi connectivity index (χ3v) is 2.24. The quantitative estimate of drug-likeness (QED) is 0.811. The predicted molar refractivity (Wildman–Crippen MR) is 55.5 cm³/mol. The van der Waals surface area contributed by atoms with Crippen molar-refractivity contribution in [3.63, 3.8) is 0 Å². The highest BCUT2D eigenvalue weighted by Gasteiger charge is 2.02. The first kappa shape index (κ1) is 10.4. The molecule has 3 heteroatoms. The van der Waals surface area contributed by atoms with Gasteiger partial charge < -0.3 is 10.5 Å². The highest BCUT2D eigenvalue weighted by atomic mass is 35.5. The maximum Gasteiger partial charge on any atom is 0.122 e. The van der Waals surface area contributed by atoms with Gasteiger partial charge in [0.2, 0.25) is 0 Å². The van der Waals surface area contributed by atoms with Crippen molar-refractivity contribution in [2.24, 2.45) is 5.73 Å².